The van der Waals surface area contributed by atoms with Crippen LogP contribution in [0.5, 0.6) is 0 Å². The normalized spacial score (nSPS) is 10.5. The van der Waals surface area contributed by atoms with Gasteiger partial charge in [0.25, 0.3) is 0 Å². The van der Waals surface area contributed by atoms with Crippen molar-refractivity contribution in [3.05, 3.63) is 44.3 Å². The van der Waals surface area contributed by atoms with E-state index in [4.69, 9.17) is 23.2 Å². The molecule has 1 aromatic heterocycles. The summed E-state index contributed by atoms with van der Waals surface area (Å²) in [7, 11) is 0. The van der Waals surface area contributed by atoms with Gasteiger partial charge < -0.3 is 5.32 Å². The molecule has 0 aliphatic carbocycles. The number of nitrogens with one attached hydrogen (secondary N) is 1. The Morgan fingerprint density at radius 3 is 2.88 bits per heavy atom. The second kappa shape index (κ2) is 5.71. The van der Waals surface area contributed by atoms with Crippen molar-refractivity contribution in [1.29, 1.82) is 0 Å². The molecule has 0 radical (unpaired) electrons. The van der Waals surface area contributed by atoms with Crippen LogP contribution < -0.4 is 5.32 Å². The first-order chi connectivity index (χ1) is 8.19. The van der Waals surface area contributed by atoms with Crippen molar-refractivity contribution >= 4 is 40.2 Å². The second-order valence-corrected chi connectivity index (χ2v) is 5.59. The number of benzene rings is 1. The fraction of sp³-hybridized carbons (Fsp3) is 0.250. The molecule has 1 heterocycles. The van der Waals surface area contributed by atoms with Crippen molar-refractivity contribution in [2.75, 3.05) is 5.32 Å². The van der Waals surface area contributed by atoms with Gasteiger partial charge in [0.15, 0.2) is 0 Å². The van der Waals surface area contributed by atoms with E-state index in [0.717, 1.165) is 23.7 Å². The Kier molecular flexibility index (Phi) is 4.26. The highest BCUT2D eigenvalue weighted by Gasteiger charge is 2.03. The number of aromatic nitrogens is 1. The molecule has 2 aromatic rings. The Hall–Kier alpha value is -0.770. The monoisotopic (exact) mass is 286 g/mol. The van der Waals surface area contributed by atoms with E-state index in [0.29, 0.717) is 10.0 Å². The van der Waals surface area contributed by atoms with Gasteiger partial charge in [0, 0.05) is 16.1 Å². The largest absolute Gasteiger partial charge is 0.379 e. The van der Waals surface area contributed by atoms with Crippen LogP contribution in [0.15, 0.2) is 24.4 Å². The van der Waals surface area contributed by atoms with Gasteiger partial charge in [-0.25, -0.2) is 4.98 Å². The lowest BCUT2D eigenvalue weighted by Crippen LogP contribution is -1.97. The predicted octanol–water partition coefficient (Wildman–Crippen LogP) is 4.62. The van der Waals surface area contributed by atoms with Gasteiger partial charge in [0.1, 0.15) is 0 Å². The average Bonchev–Trinajstić information content (AvgIpc) is 2.78. The average molecular weight is 287 g/mol. The summed E-state index contributed by atoms with van der Waals surface area (Å²) in [6, 6.07) is 5.39. The fourth-order valence-electron chi connectivity index (χ4n) is 1.41. The SMILES string of the molecule is CCc1ncc(CNc2cc(Cl)ccc2Cl)s1. The van der Waals surface area contributed by atoms with Gasteiger partial charge in [-0.3, -0.25) is 0 Å². The van der Waals surface area contributed by atoms with Crippen molar-refractivity contribution in [2.45, 2.75) is 19.9 Å². The summed E-state index contributed by atoms with van der Waals surface area (Å²) in [5.41, 5.74) is 0.852. The van der Waals surface area contributed by atoms with Crippen LogP contribution in [0, 0.1) is 0 Å². The number of rotatable bonds is 4. The lowest BCUT2D eigenvalue weighted by Gasteiger charge is -2.07. The van der Waals surface area contributed by atoms with Crippen LogP contribution in [0.3, 0.4) is 0 Å². The summed E-state index contributed by atoms with van der Waals surface area (Å²) in [5, 5.41) is 5.77. The topological polar surface area (TPSA) is 24.9 Å². The minimum Gasteiger partial charge on any atom is -0.379 e. The summed E-state index contributed by atoms with van der Waals surface area (Å²) in [6.45, 7) is 2.82. The van der Waals surface area contributed by atoms with E-state index in [1.807, 2.05) is 12.3 Å². The Morgan fingerprint density at radius 1 is 1.35 bits per heavy atom. The number of aryl methyl sites for hydroxylation is 1. The first kappa shape index (κ1) is 12.7. The Balaban J connectivity index is 2.04. The molecular weight excluding hydrogens is 275 g/mol. The van der Waals surface area contributed by atoms with Crippen LogP contribution in [0.2, 0.25) is 10.0 Å². The molecular formula is C12H12Cl2N2S. The molecule has 1 N–H and O–H groups in total. The fourth-order valence-corrected chi connectivity index (χ4v) is 2.57. The van der Waals surface area contributed by atoms with Crippen molar-refractivity contribution < 1.29 is 0 Å². The van der Waals surface area contributed by atoms with Crippen molar-refractivity contribution in [1.82, 2.24) is 4.98 Å². The van der Waals surface area contributed by atoms with Gasteiger partial charge in [-0.05, 0) is 24.6 Å². The second-order valence-electron chi connectivity index (χ2n) is 3.55. The van der Waals surface area contributed by atoms with Gasteiger partial charge in [0.05, 0.1) is 22.3 Å². The molecule has 0 amide bonds. The quantitative estimate of drug-likeness (QED) is 0.887. The van der Waals surface area contributed by atoms with Crippen LogP contribution >= 0.6 is 34.5 Å². The van der Waals surface area contributed by atoms with E-state index in [9.17, 15) is 0 Å². The zero-order chi connectivity index (χ0) is 12.3. The molecule has 0 aliphatic heterocycles. The minimum absolute atomic E-state index is 0.676. The van der Waals surface area contributed by atoms with Crippen molar-refractivity contribution in [3.8, 4) is 0 Å². The molecule has 17 heavy (non-hydrogen) atoms. The van der Waals surface area contributed by atoms with Gasteiger partial charge >= 0.3 is 0 Å². The maximum atomic E-state index is 6.06. The zero-order valence-electron chi connectivity index (χ0n) is 9.34. The maximum absolute atomic E-state index is 6.06. The summed E-state index contributed by atoms with van der Waals surface area (Å²) in [4.78, 5) is 5.50. The Labute approximate surface area is 115 Å². The van der Waals surface area contributed by atoms with Crippen molar-refractivity contribution in [3.63, 3.8) is 0 Å². The lowest BCUT2D eigenvalue weighted by atomic mass is 10.3. The van der Waals surface area contributed by atoms with Crippen LogP contribution in [-0.4, -0.2) is 4.98 Å². The van der Waals surface area contributed by atoms with Gasteiger partial charge in [-0.1, -0.05) is 30.1 Å². The van der Waals surface area contributed by atoms with Crippen molar-refractivity contribution in [2.24, 2.45) is 0 Å². The third kappa shape index (κ3) is 3.35. The first-order valence-electron chi connectivity index (χ1n) is 5.31. The smallest absolute Gasteiger partial charge is 0.0925 e. The highest BCUT2D eigenvalue weighted by atomic mass is 35.5. The van der Waals surface area contributed by atoms with E-state index in [-0.39, 0.29) is 0 Å². The van der Waals surface area contributed by atoms with Crippen LogP contribution in [0.1, 0.15) is 16.8 Å². The molecule has 2 nitrogen and oxygen atoms in total. The van der Waals surface area contributed by atoms with Gasteiger partial charge in [-0.15, -0.1) is 11.3 Å². The Bertz CT molecular complexity index is 511. The van der Waals surface area contributed by atoms with Crippen LogP contribution in [-0.2, 0) is 13.0 Å². The van der Waals surface area contributed by atoms with E-state index in [2.05, 4.69) is 17.2 Å². The molecule has 0 saturated carbocycles. The number of anilines is 1. The number of hydrogen-bond acceptors (Lipinski definition) is 3. The van der Waals surface area contributed by atoms with Gasteiger partial charge in [0.2, 0.25) is 0 Å². The molecule has 5 heteroatoms. The number of halogens is 2. The zero-order valence-corrected chi connectivity index (χ0v) is 11.7. The molecule has 0 saturated heterocycles. The highest BCUT2D eigenvalue weighted by Crippen LogP contribution is 2.26. The first-order valence-corrected chi connectivity index (χ1v) is 6.88. The molecule has 90 valence electrons. The van der Waals surface area contributed by atoms with E-state index < -0.39 is 0 Å². The third-order valence-electron chi connectivity index (χ3n) is 2.29. The molecule has 0 unspecified atom stereocenters. The Morgan fingerprint density at radius 2 is 2.18 bits per heavy atom. The van der Waals surface area contributed by atoms with Crippen LogP contribution in [0.25, 0.3) is 0 Å². The summed E-state index contributed by atoms with van der Waals surface area (Å²) < 4.78 is 0. The molecule has 2 rings (SSSR count). The van der Waals surface area contributed by atoms with E-state index >= 15 is 0 Å². The molecule has 0 spiro atoms. The van der Waals surface area contributed by atoms with E-state index in [1.165, 1.54) is 4.88 Å². The molecule has 0 atom stereocenters. The molecule has 0 fully saturated rings. The minimum atomic E-state index is 0.676. The predicted molar refractivity (Wildman–Crippen MR) is 75.3 cm³/mol. The van der Waals surface area contributed by atoms with Crippen LogP contribution in [0.4, 0.5) is 5.69 Å². The van der Waals surface area contributed by atoms with E-state index in [1.54, 1.807) is 23.5 Å². The number of hydrogen-bond donors (Lipinski definition) is 1. The standard InChI is InChI=1S/C12H12Cl2N2S/c1-2-12-16-7-9(17-12)6-15-11-5-8(13)3-4-10(11)14/h3-5,7,15H,2,6H2,1H3. The summed E-state index contributed by atoms with van der Waals surface area (Å²) in [6.07, 6.45) is 2.87. The highest BCUT2D eigenvalue weighted by molar-refractivity contribution is 7.11. The number of nitrogens with zero attached hydrogens (tertiary/aromatic N) is 1. The molecule has 0 aliphatic rings. The van der Waals surface area contributed by atoms with Gasteiger partial charge in [-0.2, -0.15) is 0 Å². The third-order valence-corrected chi connectivity index (χ3v) is 3.99. The molecule has 0 bridgehead atoms. The maximum Gasteiger partial charge on any atom is 0.0925 e. The lowest BCUT2D eigenvalue weighted by molar-refractivity contribution is 1.09. The summed E-state index contributed by atoms with van der Waals surface area (Å²) in [5.74, 6) is 0. The number of thiazole rings is 1. The molecule has 1 aromatic carbocycles. The summed E-state index contributed by atoms with van der Waals surface area (Å²) >= 11 is 13.7.